The molecular formula is C10H8O5. The highest BCUT2D eigenvalue weighted by Gasteiger charge is 2.08. The Bertz CT molecular complexity index is 570. The van der Waals surface area contributed by atoms with Gasteiger partial charge in [-0.15, -0.1) is 0 Å². The van der Waals surface area contributed by atoms with Gasteiger partial charge in [0, 0.05) is 11.5 Å². The number of methoxy groups -OCH3 is 1. The average Bonchev–Trinajstić information content (AvgIpc) is 2.20. The van der Waals surface area contributed by atoms with Gasteiger partial charge in [-0.3, -0.25) is 0 Å². The van der Waals surface area contributed by atoms with Gasteiger partial charge in [0.05, 0.1) is 7.11 Å². The van der Waals surface area contributed by atoms with Crippen LogP contribution in [0.4, 0.5) is 0 Å². The summed E-state index contributed by atoms with van der Waals surface area (Å²) in [5.74, 6) is -0.373. The second-order valence-corrected chi connectivity index (χ2v) is 2.98. The SMILES string of the molecule is COc1cc2oc(=O)c(O)cc2cc1O. The molecular weight excluding hydrogens is 200 g/mol. The maximum absolute atomic E-state index is 11.0. The Balaban J connectivity index is 2.82. The fourth-order valence-corrected chi connectivity index (χ4v) is 1.29. The van der Waals surface area contributed by atoms with Gasteiger partial charge in [0.25, 0.3) is 0 Å². The molecule has 2 rings (SSSR count). The van der Waals surface area contributed by atoms with Crippen molar-refractivity contribution in [2.24, 2.45) is 0 Å². The maximum atomic E-state index is 11.0. The highest BCUT2D eigenvalue weighted by Crippen LogP contribution is 2.31. The van der Waals surface area contributed by atoms with E-state index < -0.39 is 11.4 Å². The maximum Gasteiger partial charge on any atom is 0.378 e. The van der Waals surface area contributed by atoms with Crippen LogP contribution in [0.3, 0.4) is 0 Å². The molecule has 0 unspecified atom stereocenters. The van der Waals surface area contributed by atoms with E-state index in [1.165, 1.54) is 25.3 Å². The lowest BCUT2D eigenvalue weighted by atomic mass is 10.2. The van der Waals surface area contributed by atoms with Crippen molar-refractivity contribution < 1.29 is 19.4 Å². The minimum Gasteiger partial charge on any atom is -0.504 e. The van der Waals surface area contributed by atoms with E-state index in [0.717, 1.165) is 0 Å². The fraction of sp³-hybridized carbons (Fsp3) is 0.100. The topological polar surface area (TPSA) is 79.9 Å². The monoisotopic (exact) mass is 208 g/mol. The molecule has 2 aromatic rings. The molecule has 0 atom stereocenters. The average molecular weight is 208 g/mol. The summed E-state index contributed by atoms with van der Waals surface area (Å²) in [6.45, 7) is 0. The van der Waals surface area contributed by atoms with Crippen molar-refractivity contribution in [3.05, 3.63) is 28.6 Å². The molecule has 0 spiro atoms. The highest BCUT2D eigenvalue weighted by molar-refractivity contribution is 5.81. The first-order valence-corrected chi connectivity index (χ1v) is 4.15. The zero-order valence-corrected chi connectivity index (χ0v) is 7.85. The lowest BCUT2D eigenvalue weighted by Crippen LogP contribution is -1.97. The van der Waals surface area contributed by atoms with E-state index >= 15 is 0 Å². The summed E-state index contributed by atoms with van der Waals surface area (Å²) in [4.78, 5) is 11.0. The van der Waals surface area contributed by atoms with Crippen LogP contribution in [0.25, 0.3) is 11.0 Å². The van der Waals surface area contributed by atoms with E-state index in [9.17, 15) is 9.90 Å². The van der Waals surface area contributed by atoms with E-state index in [1.54, 1.807) is 0 Å². The summed E-state index contributed by atoms with van der Waals surface area (Å²) in [7, 11) is 1.39. The van der Waals surface area contributed by atoms with Gasteiger partial charge >= 0.3 is 5.63 Å². The van der Waals surface area contributed by atoms with E-state index in [1.807, 2.05) is 0 Å². The molecule has 0 aliphatic heterocycles. The summed E-state index contributed by atoms with van der Waals surface area (Å²) >= 11 is 0. The van der Waals surface area contributed by atoms with Crippen LogP contribution < -0.4 is 10.4 Å². The van der Waals surface area contributed by atoms with Gasteiger partial charge in [-0.25, -0.2) is 4.79 Å². The van der Waals surface area contributed by atoms with Gasteiger partial charge in [-0.05, 0) is 12.1 Å². The van der Waals surface area contributed by atoms with E-state index in [2.05, 4.69) is 0 Å². The van der Waals surface area contributed by atoms with Crippen LogP contribution in [-0.2, 0) is 0 Å². The largest absolute Gasteiger partial charge is 0.504 e. The van der Waals surface area contributed by atoms with Gasteiger partial charge in [-0.1, -0.05) is 0 Å². The van der Waals surface area contributed by atoms with Gasteiger partial charge in [0.1, 0.15) is 5.58 Å². The molecule has 2 N–H and O–H groups in total. The molecule has 0 amide bonds. The minimum atomic E-state index is -0.824. The molecule has 5 nitrogen and oxygen atoms in total. The predicted octanol–water partition coefficient (Wildman–Crippen LogP) is 1.21. The van der Waals surface area contributed by atoms with Crippen molar-refractivity contribution in [1.29, 1.82) is 0 Å². The minimum absolute atomic E-state index is 0.0850. The zero-order valence-electron chi connectivity index (χ0n) is 7.85. The van der Waals surface area contributed by atoms with Gasteiger partial charge in [-0.2, -0.15) is 0 Å². The Labute approximate surface area is 84.1 Å². The number of hydrogen-bond donors (Lipinski definition) is 2. The molecule has 1 heterocycles. The Morgan fingerprint density at radius 1 is 1.20 bits per heavy atom. The number of fused-ring (bicyclic) bond motifs is 1. The number of rotatable bonds is 1. The Kier molecular flexibility index (Phi) is 2.00. The number of phenols is 1. The van der Waals surface area contributed by atoms with E-state index in [-0.39, 0.29) is 17.1 Å². The molecule has 1 aromatic heterocycles. The molecule has 5 heteroatoms. The Hall–Kier alpha value is -2.17. The molecule has 0 saturated heterocycles. The summed E-state index contributed by atoms with van der Waals surface area (Å²) in [6.07, 6.45) is 0. The van der Waals surface area contributed by atoms with Gasteiger partial charge < -0.3 is 19.4 Å². The van der Waals surface area contributed by atoms with Crippen LogP contribution in [0, 0.1) is 0 Å². The summed E-state index contributed by atoms with van der Waals surface area (Å²) < 4.78 is 9.64. The van der Waals surface area contributed by atoms with E-state index in [0.29, 0.717) is 5.39 Å². The third-order valence-electron chi connectivity index (χ3n) is 2.02. The number of benzene rings is 1. The van der Waals surface area contributed by atoms with Gasteiger partial charge in [0.2, 0.25) is 5.75 Å². The third-order valence-corrected chi connectivity index (χ3v) is 2.02. The van der Waals surface area contributed by atoms with Crippen molar-refractivity contribution in [2.75, 3.05) is 7.11 Å². The molecule has 78 valence electrons. The van der Waals surface area contributed by atoms with Crippen LogP contribution in [0.2, 0.25) is 0 Å². The molecule has 0 bridgehead atoms. The van der Waals surface area contributed by atoms with Crippen molar-refractivity contribution >= 4 is 11.0 Å². The number of phenolic OH excluding ortho intramolecular Hbond substituents is 1. The predicted molar refractivity (Wildman–Crippen MR) is 52.4 cm³/mol. The molecule has 0 aliphatic rings. The number of ether oxygens (including phenoxy) is 1. The van der Waals surface area contributed by atoms with Gasteiger partial charge in [0.15, 0.2) is 11.5 Å². The Morgan fingerprint density at radius 2 is 1.87 bits per heavy atom. The fourth-order valence-electron chi connectivity index (χ4n) is 1.29. The van der Waals surface area contributed by atoms with Crippen LogP contribution in [0.1, 0.15) is 0 Å². The third kappa shape index (κ3) is 1.48. The Morgan fingerprint density at radius 3 is 2.53 bits per heavy atom. The molecule has 0 aliphatic carbocycles. The summed E-state index contributed by atoms with van der Waals surface area (Å²) in [5, 5.41) is 19.0. The highest BCUT2D eigenvalue weighted by atomic mass is 16.5. The van der Waals surface area contributed by atoms with Crippen LogP contribution in [-0.4, -0.2) is 17.3 Å². The second-order valence-electron chi connectivity index (χ2n) is 2.98. The number of hydrogen-bond acceptors (Lipinski definition) is 5. The van der Waals surface area contributed by atoms with Crippen LogP contribution >= 0.6 is 0 Å². The van der Waals surface area contributed by atoms with Crippen molar-refractivity contribution in [2.45, 2.75) is 0 Å². The van der Waals surface area contributed by atoms with Crippen LogP contribution in [0.5, 0.6) is 17.2 Å². The summed E-state index contributed by atoms with van der Waals surface area (Å²) in [6, 6.07) is 3.95. The molecule has 0 saturated carbocycles. The number of aromatic hydroxyl groups is 2. The summed E-state index contributed by atoms with van der Waals surface area (Å²) in [5.41, 5.74) is -0.581. The normalized spacial score (nSPS) is 10.5. The first-order chi connectivity index (χ1) is 7.11. The lowest BCUT2D eigenvalue weighted by Gasteiger charge is -2.04. The standard InChI is InChI=1S/C10H8O5/c1-14-9-4-8-5(2-6(9)11)3-7(12)10(13)15-8/h2-4,11-12H,1H3. The second kappa shape index (κ2) is 3.20. The quantitative estimate of drug-likeness (QED) is 0.688. The molecule has 0 radical (unpaired) electrons. The van der Waals surface area contributed by atoms with Crippen molar-refractivity contribution in [1.82, 2.24) is 0 Å². The molecule has 0 fully saturated rings. The van der Waals surface area contributed by atoms with Crippen molar-refractivity contribution in [3.8, 4) is 17.2 Å². The van der Waals surface area contributed by atoms with E-state index in [4.69, 9.17) is 14.3 Å². The first-order valence-electron chi connectivity index (χ1n) is 4.15. The molecule has 15 heavy (non-hydrogen) atoms. The smallest absolute Gasteiger partial charge is 0.378 e. The first kappa shape index (κ1) is 9.39. The molecule has 1 aromatic carbocycles. The van der Waals surface area contributed by atoms with Crippen LogP contribution in [0.15, 0.2) is 27.4 Å². The lowest BCUT2D eigenvalue weighted by molar-refractivity contribution is 0.372. The zero-order chi connectivity index (χ0) is 11.0. The van der Waals surface area contributed by atoms with Crippen molar-refractivity contribution in [3.63, 3.8) is 0 Å².